The predicted molar refractivity (Wildman–Crippen MR) is 100 cm³/mol. The van der Waals surface area contributed by atoms with Gasteiger partial charge in [0.25, 0.3) is 5.91 Å². The smallest absolute Gasteiger partial charge is 0.262 e. The molecule has 2 aliphatic heterocycles. The normalized spacial score (nSPS) is 18.9. The van der Waals surface area contributed by atoms with Crippen LogP contribution in [0.4, 0.5) is 0 Å². The Balaban J connectivity index is 1.67. The van der Waals surface area contributed by atoms with Crippen LogP contribution in [0.25, 0.3) is 0 Å². The van der Waals surface area contributed by atoms with Crippen molar-refractivity contribution >= 4 is 5.91 Å². The molecule has 1 atom stereocenters. The number of carbonyl (C=O) groups excluding carboxylic acids is 1. The van der Waals surface area contributed by atoms with Gasteiger partial charge in [-0.3, -0.25) is 4.79 Å². The average Bonchev–Trinajstić information content (AvgIpc) is 3.22. The van der Waals surface area contributed by atoms with Crippen LogP contribution in [0.1, 0.15) is 46.3 Å². The summed E-state index contributed by atoms with van der Waals surface area (Å²) in [5, 5.41) is 3.33. The predicted octanol–water partition coefficient (Wildman–Crippen LogP) is 2.12. The fourth-order valence-corrected chi connectivity index (χ4v) is 3.90. The summed E-state index contributed by atoms with van der Waals surface area (Å²) in [5.41, 5.74) is 2.69. The molecule has 0 radical (unpaired) electrons. The fourth-order valence-electron chi connectivity index (χ4n) is 3.90. The van der Waals surface area contributed by atoms with Crippen LogP contribution in [0.15, 0.2) is 24.4 Å². The van der Waals surface area contributed by atoms with E-state index >= 15 is 0 Å². The molecule has 0 spiro atoms. The second-order valence-electron chi connectivity index (χ2n) is 6.82. The van der Waals surface area contributed by atoms with Crippen LogP contribution in [0.5, 0.6) is 11.5 Å². The standard InChI is InChI=1S/C20H24N4O3/c1-26-16-6-3-7-17(27-2)18(16)20(25)24-10-4-5-15(24)19-22-12-13-11-21-9-8-14(13)23-19/h3,6-7,12,15,21H,4-5,8-11H2,1-2H3/t15-/m1/s1. The van der Waals surface area contributed by atoms with E-state index in [0.717, 1.165) is 49.4 Å². The first-order valence-corrected chi connectivity index (χ1v) is 9.30. The lowest BCUT2D eigenvalue weighted by Crippen LogP contribution is -2.33. The highest BCUT2D eigenvalue weighted by atomic mass is 16.5. The third kappa shape index (κ3) is 3.23. The Morgan fingerprint density at radius 2 is 2.04 bits per heavy atom. The molecule has 142 valence electrons. The summed E-state index contributed by atoms with van der Waals surface area (Å²) >= 11 is 0. The van der Waals surface area contributed by atoms with Crippen molar-refractivity contribution in [3.8, 4) is 11.5 Å². The van der Waals surface area contributed by atoms with Gasteiger partial charge in [-0.05, 0) is 25.0 Å². The number of hydrogen-bond acceptors (Lipinski definition) is 6. The Labute approximate surface area is 158 Å². The van der Waals surface area contributed by atoms with Crippen LogP contribution >= 0.6 is 0 Å². The molecule has 1 N–H and O–H groups in total. The number of likely N-dealkylation sites (tertiary alicyclic amines) is 1. The van der Waals surface area contributed by atoms with E-state index < -0.39 is 0 Å². The van der Waals surface area contributed by atoms with Gasteiger partial charge in [0.05, 0.1) is 20.3 Å². The van der Waals surface area contributed by atoms with Crippen LogP contribution < -0.4 is 14.8 Å². The van der Waals surface area contributed by atoms with Crippen LogP contribution in [0, 0.1) is 0 Å². The average molecular weight is 368 g/mol. The quantitative estimate of drug-likeness (QED) is 0.891. The molecule has 4 rings (SSSR count). The number of ether oxygens (including phenoxy) is 2. The van der Waals surface area contributed by atoms with Crippen molar-refractivity contribution in [3.63, 3.8) is 0 Å². The number of fused-ring (bicyclic) bond motifs is 1. The number of methoxy groups -OCH3 is 2. The maximum atomic E-state index is 13.4. The molecule has 1 aromatic heterocycles. The Morgan fingerprint density at radius 3 is 2.78 bits per heavy atom. The first kappa shape index (κ1) is 17.7. The highest BCUT2D eigenvalue weighted by Gasteiger charge is 2.35. The van der Waals surface area contributed by atoms with Crippen molar-refractivity contribution in [3.05, 3.63) is 47.0 Å². The minimum atomic E-state index is -0.118. The van der Waals surface area contributed by atoms with Crippen molar-refractivity contribution < 1.29 is 14.3 Å². The van der Waals surface area contributed by atoms with Crippen molar-refractivity contribution in [1.82, 2.24) is 20.2 Å². The topological polar surface area (TPSA) is 76.6 Å². The van der Waals surface area contributed by atoms with Gasteiger partial charge in [-0.15, -0.1) is 0 Å². The summed E-state index contributed by atoms with van der Waals surface area (Å²) in [6, 6.07) is 5.26. The molecule has 7 heteroatoms. The maximum Gasteiger partial charge on any atom is 0.262 e. The number of nitrogens with zero attached hydrogens (tertiary/aromatic N) is 3. The van der Waals surface area contributed by atoms with E-state index in [4.69, 9.17) is 14.5 Å². The summed E-state index contributed by atoms with van der Waals surface area (Å²) in [5.74, 6) is 1.66. The lowest BCUT2D eigenvalue weighted by Gasteiger charge is -2.26. The van der Waals surface area contributed by atoms with Crippen LogP contribution in [-0.4, -0.2) is 48.1 Å². The van der Waals surface area contributed by atoms with E-state index in [-0.39, 0.29) is 11.9 Å². The van der Waals surface area contributed by atoms with Crippen molar-refractivity contribution in [2.24, 2.45) is 0 Å². The number of benzene rings is 1. The molecule has 0 saturated carbocycles. The Kier molecular flexibility index (Phi) is 4.94. The zero-order valence-electron chi connectivity index (χ0n) is 15.7. The molecule has 1 aromatic carbocycles. The van der Waals surface area contributed by atoms with Gasteiger partial charge in [-0.25, -0.2) is 9.97 Å². The van der Waals surface area contributed by atoms with Gasteiger partial charge in [-0.1, -0.05) is 6.07 Å². The summed E-state index contributed by atoms with van der Waals surface area (Å²) < 4.78 is 10.8. The van der Waals surface area contributed by atoms with Crippen molar-refractivity contribution in [2.45, 2.75) is 31.8 Å². The Hall–Kier alpha value is -2.67. The van der Waals surface area contributed by atoms with Gasteiger partial charge in [0, 0.05) is 43.5 Å². The second kappa shape index (κ2) is 7.52. The first-order valence-electron chi connectivity index (χ1n) is 9.30. The minimum absolute atomic E-state index is 0.102. The first-order chi connectivity index (χ1) is 13.2. The highest BCUT2D eigenvalue weighted by Crippen LogP contribution is 2.36. The van der Waals surface area contributed by atoms with Gasteiger partial charge in [0.15, 0.2) is 5.82 Å². The Morgan fingerprint density at radius 1 is 1.26 bits per heavy atom. The number of amides is 1. The van der Waals surface area contributed by atoms with Gasteiger partial charge in [-0.2, -0.15) is 0 Å². The molecular weight excluding hydrogens is 344 g/mol. The highest BCUT2D eigenvalue weighted by molar-refractivity contribution is 6.00. The number of carbonyl (C=O) groups is 1. The van der Waals surface area contributed by atoms with E-state index in [2.05, 4.69) is 10.3 Å². The molecular formula is C20H24N4O3. The van der Waals surface area contributed by atoms with Gasteiger partial charge in [0.2, 0.25) is 0 Å². The SMILES string of the molecule is COc1cccc(OC)c1C(=O)N1CCC[C@@H]1c1ncc2c(n1)CCNC2. The number of rotatable bonds is 4. The van der Waals surface area contributed by atoms with E-state index in [1.54, 1.807) is 26.4 Å². The van der Waals surface area contributed by atoms with Crippen LogP contribution in [-0.2, 0) is 13.0 Å². The molecule has 2 aliphatic rings. The number of nitrogens with one attached hydrogen (secondary N) is 1. The van der Waals surface area contributed by atoms with Crippen LogP contribution in [0.3, 0.4) is 0 Å². The van der Waals surface area contributed by atoms with E-state index in [1.807, 2.05) is 17.2 Å². The fraction of sp³-hybridized carbons (Fsp3) is 0.450. The maximum absolute atomic E-state index is 13.4. The van der Waals surface area contributed by atoms with E-state index in [1.165, 1.54) is 0 Å². The summed E-state index contributed by atoms with van der Waals surface area (Å²) in [6.45, 7) is 2.41. The minimum Gasteiger partial charge on any atom is -0.496 e. The molecule has 1 amide bonds. The third-order valence-electron chi connectivity index (χ3n) is 5.28. The van der Waals surface area contributed by atoms with Crippen LogP contribution in [0.2, 0.25) is 0 Å². The zero-order valence-corrected chi connectivity index (χ0v) is 15.7. The molecule has 1 saturated heterocycles. The largest absolute Gasteiger partial charge is 0.496 e. The molecule has 3 heterocycles. The Bertz CT molecular complexity index is 833. The lowest BCUT2D eigenvalue weighted by atomic mass is 10.1. The molecule has 27 heavy (non-hydrogen) atoms. The summed E-state index contributed by atoms with van der Waals surface area (Å²) in [4.78, 5) is 24.6. The lowest BCUT2D eigenvalue weighted by molar-refractivity contribution is 0.0722. The third-order valence-corrected chi connectivity index (χ3v) is 5.28. The van der Waals surface area contributed by atoms with Crippen molar-refractivity contribution in [1.29, 1.82) is 0 Å². The molecule has 0 unspecified atom stereocenters. The van der Waals surface area contributed by atoms with E-state index in [9.17, 15) is 4.79 Å². The van der Waals surface area contributed by atoms with E-state index in [0.29, 0.717) is 23.6 Å². The van der Waals surface area contributed by atoms with Crippen molar-refractivity contribution in [2.75, 3.05) is 27.3 Å². The van der Waals surface area contributed by atoms with Gasteiger partial charge < -0.3 is 19.7 Å². The monoisotopic (exact) mass is 368 g/mol. The molecule has 7 nitrogen and oxygen atoms in total. The number of hydrogen-bond donors (Lipinski definition) is 1. The van der Waals surface area contributed by atoms with Gasteiger partial charge >= 0.3 is 0 Å². The number of aromatic nitrogens is 2. The summed E-state index contributed by atoms with van der Waals surface area (Å²) in [6.07, 6.45) is 4.58. The zero-order chi connectivity index (χ0) is 18.8. The molecule has 2 aromatic rings. The molecule has 1 fully saturated rings. The molecule has 0 aliphatic carbocycles. The molecule has 0 bridgehead atoms. The van der Waals surface area contributed by atoms with Gasteiger partial charge in [0.1, 0.15) is 17.1 Å². The second-order valence-corrected chi connectivity index (χ2v) is 6.82. The summed E-state index contributed by atoms with van der Waals surface area (Å²) in [7, 11) is 3.13.